The Morgan fingerprint density at radius 3 is 2.52 bits per heavy atom. The van der Waals surface area contributed by atoms with E-state index < -0.39 is 0 Å². The highest BCUT2D eigenvalue weighted by atomic mass is 79.9. The first kappa shape index (κ1) is 20.2. The second kappa shape index (κ2) is 10.1. The number of carbonyl (C=O) groups excluding carboxylic acids is 1. The third-order valence-corrected chi connectivity index (χ3v) is 5.00. The van der Waals surface area contributed by atoms with E-state index in [1.165, 1.54) is 0 Å². The third-order valence-electron chi connectivity index (χ3n) is 4.47. The number of amides is 2. The van der Waals surface area contributed by atoms with Gasteiger partial charge in [-0.1, -0.05) is 41.9 Å². The second-order valence-electron chi connectivity index (χ2n) is 7.10. The first-order chi connectivity index (χ1) is 12.0. The maximum absolute atomic E-state index is 12.4. The molecule has 1 heterocycles. The molecule has 5 nitrogen and oxygen atoms in total. The Hall–Kier alpha value is -1.11. The molecular formula is C19H30BrN3O2. The molecular weight excluding hydrogens is 382 g/mol. The summed E-state index contributed by atoms with van der Waals surface area (Å²) in [6.45, 7) is 9.21. The van der Waals surface area contributed by atoms with Gasteiger partial charge in [0.15, 0.2) is 0 Å². The number of hydrogen-bond acceptors (Lipinski definition) is 3. The van der Waals surface area contributed by atoms with Crippen molar-refractivity contribution in [2.75, 3.05) is 39.9 Å². The van der Waals surface area contributed by atoms with Crippen LogP contribution in [0.3, 0.4) is 0 Å². The zero-order valence-electron chi connectivity index (χ0n) is 15.5. The van der Waals surface area contributed by atoms with Crippen molar-refractivity contribution in [2.24, 2.45) is 5.92 Å². The number of rotatable bonds is 7. The van der Waals surface area contributed by atoms with Crippen LogP contribution in [0.1, 0.15) is 25.8 Å². The van der Waals surface area contributed by atoms with Crippen LogP contribution in [0.15, 0.2) is 28.7 Å². The Morgan fingerprint density at radius 2 is 1.92 bits per heavy atom. The van der Waals surface area contributed by atoms with E-state index in [0.717, 1.165) is 42.8 Å². The Labute approximate surface area is 159 Å². The average Bonchev–Trinajstić information content (AvgIpc) is 2.60. The quantitative estimate of drug-likeness (QED) is 0.747. The second-order valence-corrected chi connectivity index (χ2v) is 8.02. The van der Waals surface area contributed by atoms with Crippen molar-refractivity contribution in [1.82, 2.24) is 15.1 Å². The zero-order chi connectivity index (χ0) is 18.2. The summed E-state index contributed by atoms with van der Waals surface area (Å²) in [5.74, 6) is 0.602. The minimum absolute atomic E-state index is 0.0232. The van der Waals surface area contributed by atoms with Crippen LogP contribution in [0.2, 0.25) is 0 Å². The summed E-state index contributed by atoms with van der Waals surface area (Å²) < 4.78 is 6.50. The molecule has 1 atom stereocenters. The molecule has 1 saturated heterocycles. The normalized spacial score (nSPS) is 16.7. The third kappa shape index (κ3) is 6.96. The first-order valence-electron chi connectivity index (χ1n) is 9.01. The van der Waals surface area contributed by atoms with Crippen molar-refractivity contribution in [3.05, 3.63) is 34.3 Å². The van der Waals surface area contributed by atoms with Gasteiger partial charge in [0.25, 0.3) is 0 Å². The highest BCUT2D eigenvalue weighted by molar-refractivity contribution is 9.10. The molecule has 0 spiro atoms. The van der Waals surface area contributed by atoms with Gasteiger partial charge >= 0.3 is 6.03 Å². The first-order valence-corrected chi connectivity index (χ1v) is 9.80. The van der Waals surface area contributed by atoms with E-state index in [4.69, 9.17) is 4.74 Å². The van der Waals surface area contributed by atoms with Crippen molar-refractivity contribution >= 4 is 22.0 Å². The Bertz CT molecular complexity index is 530. The van der Waals surface area contributed by atoms with Gasteiger partial charge in [0.1, 0.15) is 0 Å². The van der Waals surface area contributed by atoms with Crippen molar-refractivity contribution in [2.45, 2.75) is 32.9 Å². The fourth-order valence-electron chi connectivity index (χ4n) is 3.12. The van der Waals surface area contributed by atoms with Crippen LogP contribution >= 0.6 is 15.9 Å². The van der Waals surface area contributed by atoms with E-state index in [-0.39, 0.29) is 6.03 Å². The van der Waals surface area contributed by atoms with Crippen LogP contribution in [0.5, 0.6) is 0 Å². The number of hydrogen-bond donors (Lipinski definition) is 1. The van der Waals surface area contributed by atoms with Gasteiger partial charge in [-0.3, -0.25) is 4.90 Å². The molecule has 2 amide bonds. The number of nitrogens with zero attached hydrogens (tertiary/aromatic N) is 2. The van der Waals surface area contributed by atoms with Gasteiger partial charge in [0.05, 0.1) is 13.2 Å². The minimum atomic E-state index is -0.0232. The molecule has 140 valence electrons. The summed E-state index contributed by atoms with van der Waals surface area (Å²) in [5.41, 5.74) is 1.12. The van der Waals surface area contributed by atoms with Crippen LogP contribution in [0.25, 0.3) is 0 Å². The molecule has 0 saturated carbocycles. The van der Waals surface area contributed by atoms with Crippen LogP contribution in [0.4, 0.5) is 4.79 Å². The van der Waals surface area contributed by atoms with Crippen LogP contribution in [0, 0.1) is 5.92 Å². The van der Waals surface area contributed by atoms with E-state index >= 15 is 0 Å². The SMILES string of the molecule is CC(C)CC(CNC(=O)N(C)Cc1ccc(Br)cc1)N1CCOCC1. The fourth-order valence-corrected chi connectivity index (χ4v) is 3.39. The monoisotopic (exact) mass is 411 g/mol. The smallest absolute Gasteiger partial charge is 0.317 e. The minimum Gasteiger partial charge on any atom is -0.379 e. The van der Waals surface area contributed by atoms with Crippen LogP contribution in [-0.4, -0.2) is 61.8 Å². The summed E-state index contributed by atoms with van der Waals surface area (Å²) in [6, 6.07) is 8.40. The number of nitrogens with one attached hydrogen (secondary N) is 1. The van der Waals surface area contributed by atoms with Gasteiger partial charge < -0.3 is 15.0 Å². The van der Waals surface area contributed by atoms with Gasteiger partial charge in [-0.2, -0.15) is 0 Å². The zero-order valence-corrected chi connectivity index (χ0v) is 17.1. The molecule has 0 radical (unpaired) electrons. The largest absolute Gasteiger partial charge is 0.379 e. The molecule has 1 unspecified atom stereocenters. The highest BCUT2D eigenvalue weighted by Gasteiger charge is 2.23. The van der Waals surface area contributed by atoms with Gasteiger partial charge in [0.2, 0.25) is 0 Å². The lowest BCUT2D eigenvalue weighted by molar-refractivity contribution is 0.0127. The van der Waals surface area contributed by atoms with E-state index in [9.17, 15) is 4.79 Å². The predicted octanol–water partition coefficient (Wildman–Crippen LogP) is 3.34. The van der Waals surface area contributed by atoms with Gasteiger partial charge in [-0.15, -0.1) is 0 Å². The van der Waals surface area contributed by atoms with E-state index in [2.05, 4.69) is 40.0 Å². The lowest BCUT2D eigenvalue weighted by Crippen LogP contribution is -2.50. The van der Waals surface area contributed by atoms with Crippen molar-refractivity contribution in [3.8, 4) is 0 Å². The summed E-state index contributed by atoms with van der Waals surface area (Å²) in [7, 11) is 1.84. The predicted molar refractivity (Wildman–Crippen MR) is 105 cm³/mol. The van der Waals surface area contributed by atoms with Crippen molar-refractivity contribution in [3.63, 3.8) is 0 Å². The van der Waals surface area contributed by atoms with E-state index in [1.807, 2.05) is 31.3 Å². The summed E-state index contributed by atoms with van der Waals surface area (Å²) in [5, 5.41) is 3.11. The topological polar surface area (TPSA) is 44.8 Å². The average molecular weight is 412 g/mol. The Morgan fingerprint density at radius 1 is 1.28 bits per heavy atom. The van der Waals surface area contributed by atoms with E-state index in [1.54, 1.807) is 4.90 Å². The van der Waals surface area contributed by atoms with Crippen LogP contribution < -0.4 is 5.32 Å². The number of carbonyl (C=O) groups is 1. The standard InChI is InChI=1S/C19H30BrN3O2/c1-15(2)12-18(23-8-10-25-11-9-23)13-21-19(24)22(3)14-16-4-6-17(20)7-5-16/h4-7,15,18H,8-14H2,1-3H3,(H,21,24). The molecule has 0 aromatic heterocycles. The highest BCUT2D eigenvalue weighted by Crippen LogP contribution is 2.14. The number of morpholine rings is 1. The molecule has 1 fully saturated rings. The molecule has 6 heteroatoms. The van der Waals surface area contributed by atoms with Crippen molar-refractivity contribution in [1.29, 1.82) is 0 Å². The number of urea groups is 1. The van der Waals surface area contributed by atoms with Gasteiger partial charge in [-0.25, -0.2) is 4.79 Å². The number of ether oxygens (including phenoxy) is 1. The molecule has 1 aliphatic rings. The summed E-state index contributed by atoms with van der Waals surface area (Å²) in [6.07, 6.45) is 1.08. The Kier molecular flexibility index (Phi) is 8.19. The number of benzene rings is 1. The molecule has 0 aliphatic carbocycles. The molecule has 1 aromatic carbocycles. The molecule has 1 aromatic rings. The molecule has 0 bridgehead atoms. The fraction of sp³-hybridized carbons (Fsp3) is 0.632. The lowest BCUT2D eigenvalue weighted by Gasteiger charge is -2.35. The maximum Gasteiger partial charge on any atom is 0.317 e. The van der Waals surface area contributed by atoms with Crippen molar-refractivity contribution < 1.29 is 9.53 Å². The summed E-state index contributed by atoms with van der Waals surface area (Å²) in [4.78, 5) is 16.6. The number of halogens is 1. The van der Waals surface area contributed by atoms with Crippen LogP contribution in [-0.2, 0) is 11.3 Å². The molecule has 1 aliphatic heterocycles. The van der Waals surface area contributed by atoms with Gasteiger partial charge in [-0.05, 0) is 30.0 Å². The molecule has 25 heavy (non-hydrogen) atoms. The van der Waals surface area contributed by atoms with E-state index in [0.29, 0.717) is 25.0 Å². The molecule has 2 rings (SSSR count). The lowest BCUT2D eigenvalue weighted by atomic mass is 10.0. The summed E-state index contributed by atoms with van der Waals surface area (Å²) >= 11 is 3.43. The van der Waals surface area contributed by atoms with Gasteiger partial charge in [0, 0.05) is 43.7 Å². The Balaban J connectivity index is 1.84. The maximum atomic E-state index is 12.4. The molecule has 1 N–H and O–H groups in total.